The summed E-state index contributed by atoms with van der Waals surface area (Å²) >= 11 is 0. The number of hydrogen-bond acceptors (Lipinski definition) is 4. The largest absolute Gasteiger partial charge is 0.618 e. The molecule has 0 saturated carbocycles. The minimum atomic E-state index is -0.704. The van der Waals surface area contributed by atoms with Crippen LogP contribution in [-0.2, 0) is 0 Å². The molecule has 0 atom stereocenters. The maximum absolute atomic E-state index is 11.8. The highest BCUT2D eigenvalue weighted by molar-refractivity contribution is 5.67. The molecule has 2 aromatic rings. The average molecular weight is 233 g/mol. The number of benzene rings is 1. The summed E-state index contributed by atoms with van der Waals surface area (Å²) in [5, 5.41) is 33.5. The molecule has 17 heavy (non-hydrogen) atoms. The molecule has 0 saturated heterocycles. The molecule has 7 heteroatoms. The number of nitrogens with zero attached hydrogens (tertiary/aromatic N) is 3. The van der Waals surface area contributed by atoms with Crippen molar-refractivity contribution in [2.24, 2.45) is 0 Å². The summed E-state index contributed by atoms with van der Waals surface area (Å²) in [5.41, 5.74) is 0.282. The summed E-state index contributed by atoms with van der Waals surface area (Å²) in [6, 6.07) is 6.21. The van der Waals surface area contributed by atoms with Crippen molar-refractivity contribution < 1.29 is 14.4 Å². The highest BCUT2D eigenvalue weighted by Gasteiger charge is 2.17. The van der Waals surface area contributed by atoms with E-state index in [1.165, 1.54) is 12.1 Å². The molecule has 1 heterocycles. The molecule has 0 aliphatic rings. The second-order valence-electron chi connectivity index (χ2n) is 3.26. The van der Waals surface area contributed by atoms with Crippen molar-refractivity contribution in [3.8, 4) is 0 Å². The van der Waals surface area contributed by atoms with Gasteiger partial charge in [-0.25, -0.2) is 0 Å². The number of hydrogen-bond donors (Lipinski definition) is 0. The molecule has 0 unspecified atom stereocenters. The summed E-state index contributed by atoms with van der Waals surface area (Å²) < 4.78 is 0.979. The van der Waals surface area contributed by atoms with Crippen LogP contribution in [0.3, 0.4) is 0 Å². The molecule has 86 valence electrons. The molecule has 0 aliphatic carbocycles. The van der Waals surface area contributed by atoms with Gasteiger partial charge >= 0.3 is 0 Å². The smallest absolute Gasteiger partial charge is 0.290 e. The summed E-state index contributed by atoms with van der Waals surface area (Å²) in [7, 11) is 0. The lowest BCUT2D eigenvalue weighted by molar-refractivity contribution is -0.630. The second-order valence-corrected chi connectivity index (χ2v) is 3.26. The molecule has 0 amide bonds. The minimum absolute atomic E-state index is 0.0876. The molecular weight excluding hydrogens is 226 g/mol. The van der Waals surface area contributed by atoms with E-state index in [0.29, 0.717) is 15.7 Å². The third-order valence-electron chi connectivity index (χ3n) is 2.19. The van der Waals surface area contributed by atoms with E-state index in [2.05, 4.69) is 0 Å². The summed E-state index contributed by atoms with van der Waals surface area (Å²) in [6.45, 7) is 0. The van der Waals surface area contributed by atoms with Gasteiger partial charge in [-0.05, 0) is 0 Å². The molecule has 0 N–H and O–H groups in total. The molecule has 1 aromatic carbocycles. The topological polar surface area (TPSA) is 97.0 Å². The first kappa shape index (κ1) is 10.8. The average Bonchev–Trinajstić information content (AvgIpc) is 2.32. The Hall–Kier alpha value is -2.70. The van der Waals surface area contributed by atoms with Crippen molar-refractivity contribution in [2.45, 2.75) is 0 Å². The molecule has 0 fully saturated rings. The Morgan fingerprint density at radius 2 is 1.82 bits per heavy atom. The summed E-state index contributed by atoms with van der Waals surface area (Å²) in [5.74, 6) is 0. The first-order valence-electron chi connectivity index (χ1n) is 4.66. The van der Waals surface area contributed by atoms with Crippen molar-refractivity contribution >= 4 is 17.1 Å². The number of para-hydroxylation sites is 2. The van der Waals surface area contributed by atoms with Gasteiger partial charge in [0.2, 0.25) is 6.20 Å². The highest BCUT2D eigenvalue weighted by atomic mass is 16.6. The molecule has 2 rings (SSSR count). The van der Waals surface area contributed by atoms with E-state index < -0.39 is 4.92 Å². The molecule has 7 nitrogen and oxygen atoms in total. The maximum atomic E-state index is 11.8. The van der Waals surface area contributed by atoms with Crippen LogP contribution in [0.1, 0.15) is 5.69 Å². The molecule has 1 aromatic heterocycles. The summed E-state index contributed by atoms with van der Waals surface area (Å²) in [4.78, 5) is 9.45. The van der Waals surface area contributed by atoms with Gasteiger partial charge in [-0.3, -0.25) is 10.1 Å². The Kier molecular flexibility index (Phi) is 2.57. The SMILES string of the molecule is O=[N+]([O-])C=Cc1c[n+]([O-])c2ccccc2[n+]1[O-]. The molecule has 0 spiro atoms. The van der Waals surface area contributed by atoms with Gasteiger partial charge in [0.05, 0.1) is 11.0 Å². The van der Waals surface area contributed by atoms with E-state index in [1.54, 1.807) is 12.1 Å². The van der Waals surface area contributed by atoms with Crippen molar-refractivity contribution in [3.63, 3.8) is 0 Å². The van der Waals surface area contributed by atoms with Gasteiger partial charge in [0, 0.05) is 12.1 Å². The van der Waals surface area contributed by atoms with Crippen LogP contribution in [0.2, 0.25) is 0 Å². The van der Waals surface area contributed by atoms with Gasteiger partial charge in [-0.15, -0.1) is 0 Å². The van der Waals surface area contributed by atoms with Crippen molar-refractivity contribution in [2.75, 3.05) is 0 Å². The van der Waals surface area contributed by atoms with E-state index in [4.69, 9.17) is 0 Å². The van der Waals surface area contributed by atoms with Crippen LogP contribution >= 0.6 is 0 Å². The van der Waals surface area contributed by atoms with E-state index in [9.17, 15) is 20.5 Å². The van der Waals surface area contributed by atoms with Crippen LogP contribution in [0.15, 0.2) is 36.7 Å². The molecular formula is C10H7N3O4. The lowest BCUT2D eigenvalue weighted by Crippen LogP contribution is -2.40. The number of fused-ring (bicyclic) bond motifs is 1. The normalized spacial score (nSPS) is 11.1. The third-order valence-corrected chi connectivity index (χ3v) is 2.19. The number of nitro groups is 1. The van der Waals surface area contributed by atoms with Crippen LogP contribution in [0.5, 0.6) is 0 Å². The second kappa shape index (κ2) is 4.05. The Bertz CT molecular complexity index is 624. The maximum Gasteiger partial charge on any atom is 0.290 e. The Morgan fingerprint density at radius 3 is 2.47 bits per heavy atom. The first-order chi connectivity index (χ1) is 8.09. The van der Waals surface area contributed by atoms with Gasteiger partial charge < -0.3 is 10.4 Å². The fourth-order valence-electron chi connectivity index (χ4n) is 1.45. The van der Waals surface area contributed by atoms with Crippen molar-refractivity contribution in [1.82, 2.24) is 0 Å². The van der Waals surface area contributed by atoms with E-state index >= 15 is 0 Å². The lowest BCUT2D eigenvalue weighted by Gasteiger charge is -2.04. The zero-order valence-electron chi connectivity index (χ0n) is 8.52. The van der Waals surface area contributed by atoms with E-state index in [1.807, 2.05) is 0 Å². The van der Waals surface area contributed by atoms with Crippen LogP contribution in [0.25, 0.3) is 17.1 Å². The number of aromatic nitrogens is 2. The van der Waals surface area contributed by atoms with Gasteiger partial charge in [0.15, 0.2) is 0 Å². The number of rotatable bonds is 2. The van der Waals surface area contributed by atoms with E-state index in [0.717, 1.165) is 12.3 Å². The van der Waals surface area contributed by atoms with Gasteiger partial charge in [0.25, 0.3) is 22.9 Å². The lowest BCUT2D eigenvalue weighted by atomic mass is 10.3. The van der Waals surface area contributed by atoms with Crippen molar-refractivity contribution in [3.05, 3.63) is 62.9 Å². The van der Waals surface area contributed by atoms with Gasteiger partial charge in [-0.1, -0.05) is 12.1 Å². The standard InChI is InChI=1S/C10H7N3O4/c14-11-7-8(5-6-12(15)16)13(17)10-4-2-1-3-9(10)11/h1-7H. The monoisotopic (exact) mass is 233 g/mol. The zero-order chi connectivity index (χ0) is 12.4. The fraction of sp³-hybridized carbons (Fsp3) is 0. The third kappa shape index (κ3) is 1.98. The Balaban J connectivity index is 2.67. The zero-order valence-corrected chi connectivity index (χ0v) is 8.52. The van der Waals surface area contributed by atoms with Crippen molar-refractivity contribution in [1.29, 1.82) is 0 Å². The summed E-state index contributed by atoms with van der Waals surface area (Å²) in [6.07, 6.45) is 2.58. The first-order valence-corrected chi connectivity index (χ1v) is 4.66. The fourth-order valence-corrected chi connectivity index (χ4v) is 1.45. The predicted molar refractivity (Wildman–Crippen MR) is 57.9 cm³/mol. The van der Waals surface area contributed by atoms with Gasteiger partial charge in [-0.2, -0.15) is 9.46 Å². The van der Waals surface area contributed by atoms with Gasteiger partial charge in [0.1, 0.15) is 0 Å². The predicted octanol–water partition coefficient (Wildman–Crippen LogP) is 0.354. The van der Waals surface area contributed by atoms with Crippen LogP contribution in [0, 0.1) is 20.5 Å². The van der Waals surface area contributed by atoms with Crippen LogP contribution < -0.4 is 9.46 Å². The Labute approximate surface area is 95.2 Å². The quantitative estimate of drug-likeness (QED) is 0.323. The molecule has 0 bridgehead atoms. The Morgan fingerprint density at radius 1 is 1.18 bits per heavy atom. The van der Waals surface area contributed by atoms with E-state index in [-0.39, 0.29) is 16.7 Å². The minimum Gasteiger partial charge on any atom is -0.618 e. The van der Waals surface area contributed by atoms with Crippen LogP contribution in [-0.4, -0.2) is 4.92 Å². The highest BCUT2D eigenvalue weighted by Crippen LogP contribution is 2.05. The molecule has 0 aliphatic heterocycles. The van der Waals surface area contributed by atoms with Crippen LogP contribution in [0.4, 0.5) is 0 Å². The molecule has 0 radical (unpaired) electrons.